The molecule has 1 N–H and O–H groups in total. The Hall–Kier alpha value is -0.0300. The minimum absolute atomic E-state index is 0.108. The Morgan fingerprint density at radius 2 is 2.29 bits per heavy atom. The van der Waals surface area contributed by atoms with Crippen molar-refractivity contribution in [3.8, 4) is 0 Å². The summed E-state index contributed by atoms with van der Waals surface area (Å²) in [4.78, 5) is 1.25. The van der Waals surface area contributed by atoms with Gasteiger partial charge in [-0.05, 0) is 29.3 Å². The second kappa shape index (κ2) is 4.23. The third-order valence-electron chi connectivity index (χ3n) is 2.08. The molecule has 1 nitrogen and oxygen atoms in total. The summed E-state index contributed by atoms with van der Waals surface area (Å²) in [6, 6.07) is 4.26. The van der Waals surface area contributed by atoms with E-state index in [-0.39, 0.29) is 6.61 Å². The van der Waals surface area contributed by atoms with Crippen LogP contribution >= 0.6 is 39.0 Å². The number of hydrogen-bond donors (Lipinski definition) is 1. The molecule has 0 unspecified atom stereocenters. The molecule has 4 heteroatoms. The largest absolute Gasteiger partial charge is 0.392 e. The number of thioether (sulfide) groups is 1. The number of thiophene rings is 1. The Kier molecular flexibility index (Phi) is 3.17. The monoisotopic (exact) mass is 288 g/mol. The molecule has 0 saturated heterocycles. The second-order valence-electron chi connectivity index (χ2n) is 2.90. The number of rotatable bonds is 2. The van der Waals surface area contributed by atoms with Gasteiger partial charge in [0.1, 0.15) is 0 Å². The summed E-state index contributed by atoms with van der Waals surface area (Å²) < 4.78 is 2.30. The summed E-state index contributed by atoms with van der Waals surface area (Å²) in [6.07, 6.45) is 2.06. The van der Waals surface area contributed by atoms with Crippen molar-refractivity contribution >= 4 is 49.1 Å². The van der Waals surface area contributed by atoms with Crippen LogP contribution in [-0.4, -0.2) is 11.4 Å². The summed E-state index contributed by atoms with van der Waals surface area (Å²) in [6.45, 7) is 0.108. The van der Waals surface area contributed by atoms with Crippen molar-refractivity contribution in [3.05, 3.63) is 27.5 Å². The van der Waals surface area contributed by atoms with Crippen LogP contribution < -0.4 is 0 Å². The van der Waals surface area contributed by atoms with Gasteiger partial charge in [-0.25, -0.2) is 0 Å². The van der Waals surface area contributed by atoms with E-state index in [2.05, 4.69) is 34.3 Å². The van der Waals surface area contributed by atoms with Crippen LogP contribution in [0.25, 0.3) is 10.1 Å². The number of aliphatic hydroxyl groups is 1. The zero-order valence-electron chi connectivity index (χ0n) is 7.58. The highest BCUT2D eigenvalue weighted by molar-refractivity contribution is 9.10. The van der Waals surface area contributed by atoms with E-state index in [0.29, 0.717) is 0 Å². The fraction of sp³-hybridized carbons (Fsp3) is 0.200. The molecule has 0 spiro atoms. The van der Waals surface area contributed by atoms with Gasteiger partial charge in [-0.3, -0.25) is 0 Å². The lowest BCUT2D eigenvalue weighted by Gasteiger charge is -2.01. The lowest BCUT2D eigenvalue weighted by Crippen LogP contribution is -1.80. The molecule has 0 aliphatic heterocycles. The second-order valence-corrected chi connectivity index (χ2v) is 5.55. The Balaban J connectivity index is 2.72. The third kappa shape index (κ3) is 1.72. The van der Waals surface area contributed by atoms with Gasteiger partial charge in [-0.1, -0.05) is 15.9 Å². The van der Waals surface area contributed by atoms with Gasteiger partial charge in [-0.2, -0.15) is 0 Å². The highest BCUT2D eigenvalue weighted by atomic mass is 79.9. The van der Waals surface area contributed by atoms with Crippen LogP contribution in [0, 0.1) is 0 Å². The summed E-state index contributed by atoms with van der Waals surface area (Å²) in [5.41, 5.74) is 1.00. The first-order chi connectivity index (χ1) is 6.76. The molecule has 0 radical (unpaired) electrons. The van der Waals surface area contributed by atoms with Gasteiger partial charge < -0.3 is 5.11 Å². The Bertz CT molecular complexity index is 464. The molecule has 14 heavy (non-hydrogen) atoms. The number of hydrogen-bond acceptors (Lipinski definition) is 3. The van der Waals surface area contributed by atoms with Crippen LogP contribution in [0.2, 0.25) is 0 Å². The van der Waals surface area contributed by atoms with E-state index in [0.717, 1.165) is 15.4 Å². The van der Waals surface area contributed by atoms with Gasteiger partial charge in [0.05, 0.1) is 6.61 Å². The molecular formula is C10H9BrOS2. The van der Waals surface area contributed by atoms with Gasteiger partial charge >= 0.3 is 0 Å². The molecular weight excluding hydrogens is 280 g/mol. The zero-order valence-corrected chi connectivity index (χ0v) is 10.8. The quantitative estimate of drug-likeness (QED) is 0.847. The van der Waals surface area contributed by atoms with Crippen molar-refractivity contribution < 1.29 is 5.11 Å². The molecule has 2 rings (SSSR count). The summed E-state index contributed by atoms with van der Waals surface area (Å²) in [7, 11) is 0. The van der Waals surface area contributed by atoms with E-state index in [1.807, 2.05) is 5.38 Å². The van der Waals surface area contributed by atoms with Crippen LogP contribution in [0.3, 0.4) is 0 Å². The van der Waals surface area contributed by atoms with Crippen molar-refractivity contribution in [2.24, 2.45) is 0 Å². The summed E-state index contributed by atoms with van der Waals surface area (Å²) in [5.74, 6) is 0. The molecule has 0 aliphatic rings. The van der Waals surface area contributed by atoms with E-state index >= 15 is 0 Å². The Morgan fingerprint density at radius 1 is 1.50 bits per heavy atom. The normalized spacial score (nSPS) is 11.1. The van der Waals surface area contributed by atoms with Crippen molar-refractivity contribution in [2.45, 2.75) is 11.5 Å². The maximum Gasteiger partial charge on any atom is 0.0696 e. The molecule has 0 bridgehead atoms. The minimum atomic E-state index is 0.108. The summed E-state index contributed by atoms with van der Waals surface area (Å²) in [5, 5.41) is 12.3. The maximum atomic E-state index is 9.16. The topological polar surface area (TPSA) is 20.2 Å². The van der Waals surface area contributed by atoms with E-state index in [1.165, 1.54) is 9.60 Å². The predicted octanol–water partition coefficient (Wildman–Crippen LogP) is 3.88. The van der Waals surface area contributed by atoms with E-state index in [9.17, 15) is 0 Å². The number of fused-ring (bicyclic) bond motifs is 1. The molecule has 74 valence electrons. The van der Waals surface area contributed by atoms with Crippen LogP contribution in [0.4, 0.5) is 0 Å². The number of benzene rings is 1. The smallest absolute Gasteiger partial charge is 0.0696 e. The SMILES string of the molecule is CSc1cc(Br)c2c(CO)csc2c1. The average Bonchev–Trinajstić information content (AvgIpc) is 2.61. The fourth-order valence-corrected chi connectivity index (χ4v) is 3.95. The van der Waals surface area contributed by atoms with Crippen LogP contribution in [0.1, 0.15) is 5.56 Å². The standard InChI is InChI=1S/C10H9BrOS2/c1-13-7-2-8(11)10-6(4-12)5-14-9(10)3-7/h2-3,5,12H,4H2,1H3. The highest BCUT2D eigenvalue weighted by Crippen LogP contribution is 2.35. The van der Waals surface area contributed by atoms with Crippen molar-refractivity contribution in [1.82, 2.24) is 0 Å². The summed E-state index contributed by atoms with van der Waals surface area (Å²) >= 11 is 6.95. The van der Waals surface area contributed by atoms with Gasteiger partial charge in [-0.15, -0.1) is 23.1 Å². The molecule has 1 aromatic carbocycles. The molecule has 2 aromatic rings. The number of aliphatic hydroxyl groups excluding tert-OH is 1. The lowest BCUT2D eigenvalue weighted by atomic mass is 10.2. The first-order valence-corrected chi connectivity index (χ1v) is 7.00. The van der Waals surface area contributed by atoms with Crippen LogP contribution in [0.15, 0.2) is 26.9 Å². The van der Waals surface area contributed by atoms with Crippen molar-refractivity contribution in [1.29, 1.82) is 0 Å². The molecule has 0 aliphatic carbocycles. The zero-order chi connectivity index (χ0) is 10.1. The Morgan fingerprint density at radius 3 is 2.93 bits per heavy atom. The molecule has 0 atom stereocenters. The van der Waals surface area contributed by atoms with Crippen LogP contribution in [0.5, 0.6) is 0 Å². The first-order valence-electron chi connectivity index (χ1n) is 4.10. The molecule has 0 fully saturated rings. The van der Waals surface area contributed by atoms with Gasteiger partial charge in [0.2, 0.25) is 0 Å². The maximum absolute atomic E-state index is 9.16. The van der Waals surface area contributed by atoms with E-state index in [4.69, 9.17) is 5.11 Å². The first kappa shape index (κ1) is 10.5. The van der Waals surface area contributed by atoms with Crippen LogP contribution in [-0.2, 0) is 6.61 Å². The van der Waals surface area contributed by atoms with E-state index in [1.54, 1.807) is 23.1 Å². The highest BCUT2D eigenvalue weighted by Gasteiger charge is 2.08. The van der Waals surface area contributed by atoms with Gasteiger partial charge in [0.25, 0.3) is 0 Å². The molecule has 1 heterocycles. The van der Waals surface area contributed by atoms with E-state index < -0.39 is 0 Å². The average molecular weight is 289 g/mol. The lowest BCUT2D eigenvalue weighted by molar-refractivity contribution is 0.284. The van der Waals surface area contributed by atoms with Gasteiger partial charge in [0.15, 0.2) is 0 Å². The molecule has 0 amide bonds. The van der Waals surface area contributed by atoms with Crippen molar-refractivity contribution in [2.75, 3.05) is 6.26 Å². The molecule has 0 saturated carbocycles. The fourth-order valence-electron chi connectivity index (χ4n) is 1.39. The minimum Gasteiger partial charge on any atom is -0.392 e. The molecule has 1 aromatic heterocycles. The number of halogens is 1. The van der Waals surface area contributed by atoms with Crippen molar-refractivity contribution in [3.63, 3.8) is 0 Å². The predicted molar refractivity (Wildman–Crippen MR) is 67.2 cm³/mol. The third-order valence-corrected chi connectivity index (χ3v) is 4.39. The van der Waals surface area contributed by atoms with Gasteiger partial charge in [0, 0.05) is 19.5 Å². The Labute approximate surface area is 99.3 Å².